The van der Waals surface area contributed by atoms with Crippen molar-refractivity contribution in [3.05, 3.63) is 45.8 Å². The van der Waals surface area contributed by atoms with Crippen LogP contribution in [0.5, 0.6) is 11.7 Å². The molecule has 29 heavy (non-hydrogen) atoms. The number of rotatable bonds is 6. The maximum atomic E-state index is 12.0. The smallest absolute Gasteiger partial charge is 0.382 e. The first-order valence-corrected chi connectivity index (χ1v) is 7.87. The van der Waals surface area contributed by atoms with Gasteiger partial charge in [0, 0.05) is 5.69 Å². The Kier molecular flexibility index (Phi) is 5.92. The SMILES string of the molecule is CC(=O)c1c(O)oc(=O)c(C(C)=Nc2cccc(NC(=O)C(=O)C(=O)O)c2)c1O. The summed E-state index contributed by atoms with van der Waals surface area (Å²) in [5.74, 6) is -7.50. The minimum absolute atomic E-state index is 0.0463. The lowest BCUT2D eigenvalue weighted by Gasteiger charge is -2.08. The quantitative estimate of drug-likeness (QED) is 0.237. The average Bonchev–Trinajstić information content (AvgIpc) is 2.60. The van der Waals surface area contributed by atoms with Gasteiger partial charge in [-0.05, 0) is 32.0 Å². The summed E-state index contributed by atoms with van der Waals surface area (Å²) in [6.45, 7) is 2.38. The molecule has 0 atom stereocenters. The number of hydrogen-bond acceptors (Lipinski definition) is 9. The minimum atomic E-state index is -1.91. The first-order chi connectivity index (χ1) is 13.5. The zero-order valence-electron chi connectivity index (χ0n) is 15.0. The molecule has 1 heterocycles. The van der Waals surface area contributed by atoms with Gasteiger partial charge in [-0.3, -0.25) is 19.4 Å². The standard InChI is InChI=1S/C18H14N2O9/c1-7(11-13(22)12(8(2)21)18(28)29-17(11)27)19-9-4-3-5-10(6-9)20-15(24)14(23)16(25)26/h3-6,22,28H,1-2H3,(H,20,24)(H,25,26). The molecule has 2 rings (SSSR count). The summed E-state index contributed by atoms with van der Waals surface area (Å²) >= 11 is 0. The molecular formula is C18H14N2O9. The Bertz CT molecular complexity index is 1130. The van der Waals surface area contributed by atoms with Crippen LogP contribution in [0.1, 0.15) is 29.8 Å². The molecule has 11 heteroatoms. The van der Waals surface area contributed by atoms with Crippen LogP contribution < -0.4 is 10.9 Å². The van der Waals surface area contributed by atoms with Gasteiger partial charge in [0.2, 0.25) is 0 Å². The maximum absolute atomic E-state index is 12.0. The van der Waals surface area contributed by atoms with E-state index in [1.54, 1.807) is 0 Å². The highest BCUT2D eigenvalue weighted by molar-refractivity contribution is 6.63. The lowest BCUT2D eigenvalue weighted by molar-refractivity contribution is -0.152. The predicted octanol–water partition coefficient (Wildman–Crippen LogP) is 0.986. The van der Waals surface area contributed by atoms with Crippen molar-refractivity contribution >= 4 is 40.5 Å². The van der Waals surface area contributed by atoms with Crippen LogP contribution >= 0.6 is 0 Å². The molecule has 0 saturated carbocycles. The summed E-state index contributed by atoms with van der Waals surface area (Å²) in [6.07, 6.45) is 0. The number of ketones is 2. The van der Waals surface area contributed by atoms with Crippen LogP contribution in [0.2, 0.25) is 0 Å². The van der Waals surface area contributed by atoms with Crippen LogP contribution in [0.25, 0.3) is 0 Å². The molecule has 0 unspecified atom stereocenters. The molecule has 1 aromatic carbocycles. The second-order valence-corrected chi connectivity index (χ2v) is 5.69. The zero-order chi connectivity index (χ0) is 21.9. The minimum Gasteiger partial charge on any atom is -0.506 e. The number of nitrogens with one attached hydrogen (secondary N) is 1. The van der Waals surface area contributed by atoms with Crippen LogP contribution in [0.15, 0.2) is 38.5 Å². The van der Waals surface area contributed by atoms with E-state index in [1.165, 1.54) is 31.2 Å². The normalized spacial score (nSPS) is 11.0. The van der Waals surface area contributed by atoms with E-state index in [-0.39, 0.29) is 17.1 Å². The van der Waals surface area contributed by atoms with Crippen LogP contribution in [0.3, 0.4) is 0 Å². The number of anilines is 1. The molecule has 11 nitrogen and oxygen atoms in total. The van der Waals surface area contributed by atoms with Crippen molar-refractivity contribution in [1.29, 1.82) is 0 Å². The Morgan fingerprint density at radius 1 is 1.07 bits per heavy atom. The van der Waals surface area contributed by atoms with E-state index in [2.05, 4.69) is 14.7 Å². The van der Waals surface area contributed by atoms with E-state index in [9.17, 15) is 34.2 Å². The van der Waals surface area contributed by atoms with Crippen molar-refractivity contribution in [2.45, 2.75) is 13.8 Å². The third-order valence-corrected chi connectivity index (χ3v) is 3.60. The second-order valence-electron chi connectivity index (χ2n) is 5.69. The van der Waals surface area contributed by atoms with Crippen molar-refractivity contribution in [1.82, 2.24) is 0 Å². The highest BCUT2D eigenvalue weighted by Gasteiger charge is 2.24. The Morgan fingerprint density at radius 3 is 2.31 bits per heavy atom. The summed E-state index contributed by atoms with van der Waals surface area (Å²) in [5, 5.41) is 30.3. The first-order valence-electron chi connectivity index (χ1n) is 7.87. The molecular weight excluding hydrogens is 388 g/mol. The van der Waals surface area contributed by atoms with E-state index >= 15 is 0 Å². The summed E-state index contributed by atoms with van der Waals surface area (Å²) < 4.78 is 4.55. The lowest BCUT2D eigenvalue weighted by atomic mass is 10.1. The van der Waals surface area contributed by atoms with Gasteiger partial charge < -0.3 is 25.1 Å². The van der Waals surface area contributed by atoms with E-state index in [1.807, 2.05) is 0 Å². The molecule has 1 aromatic heterocycles. The molecule has 4 N–H and O–H groups in total. The number of amides is 1. The molecule has 0 aliphatic heterocycles. The van der Waals surface area contributed by atoms with E-state index in [4.69, 9.17) is 5.11 Å². The zero-order valence-corrected chi connectivity index (χ0v) is 15.0. The molecule has 1 amide bonds. The number of aliphatic imine (C=N–C) groups is 1. The van der Waals surface area contributed by atoms with Crippen molar-refractivity contribution in [2.24, 2.45) is 4.99 Å². The van der Waals surface area contributed by atoms with E-state index in [0.717, 1.165) is 6.92 Å². The number of carbonyl (C=O) groups excluding carboxylic acids is 3. The van der Waals surface area contributed by atoms with Crippen molar-refractivity contribution in [2.75, 3.05) is 5.32 Å². The average molecular weight is 402 g/mol. The predicted molar refractivity (Wildman–Crippen MR) is 97.9 cm³/mol. The van der Waals surface area contributed by atoms with Crippen molar-refractivity contribution in [3.8, 4) is 11.7 Å². The third kappa shape index (κ3) is 4.53. The van der Waals surface area contributed by atoms with Gasteiger partial charge in [0.05, 0.1) is 11.4 Å². The van der Waals surface area contributed by atoms with Gasteiger partial charge >= 0.3 is 23.3 Å². The van der Waals surface area contributed by atoms with Crippen LogP contribution in [-0.4, -0.2) is 44.5 Å². The number of carboxylic acid groups (broad SMARTS) is 1. The number of hydrogen-bond donors (Lipinski definition) is 4. The molecule has 0 bridgehead atoms. The summed E-state index contributed by atoms with van der Waals surface area (Å²) in [7, 11) is 0. The number of Topliss-reactive ketones (excluding diaryl/α,β-unsaturated/α-hetero) is 2. The largest absolute Gasteiger partial charge is 0.506 e. The highest BCUT2D eigenvalue weighted by atomic mass is 16.5. The fourth-order valence-corrected chi connectivity index (χ4v) is 2.34. The van der Waals surface area contributed by atoms with Crippen LogP contribution in [-0.2, 0) is 14.4 Å². The van der Waals surface area contributed by atoms with E-state index < -0.39 is 51.9 Å². The van der Waals surface area contributed by atoms with Crippen LogP contribution in [0.4, 0.5) is 11.4 Å². The molecule has 0 fully saturated rings. The topological polar surface area (TPSA) is 184 Å². The summed E-state index contributed by atoms with van der Waals surface area (Å²) in [4.78, 5) is 60.8. The van der Waals surface area contributed by atoms with Crippen molar-refractivity contribution in [3.63, 3.8) is 0 Å². The van der Waals surface area contributed by atoms with Gasteiger partial charge in [-0.2, -0.15) is 0 Å². The van der Waals surface area contributed by atoms with Crippen molar-refractivity contribution < 1.29 is 38.9 Å². The Labute approximate surface area is 161 Å². The fraction of sp³-hybridized carbons (Fsp3) is 0.111. The van der Waals surface area contributed by atoms with Crippen LogP contribution in [0, 0.1) is 0 Å². The van der Waals surface area contributed by atoms with Gasteiger partial charge in [-0.1, -0.05) is 6.07 Å². The summed E-state index contributed by atoms with van der Waals surface area (Å²) in [5.41, 5.74) is -2.05. The molecule has 0 aliphatic carbocycles. The molecule has 150 valence electrons. The number of carbonyl (C=O) groups is 4. The van der Waals surface area contributed by atoms with Gasteiger partial charge in [-0.25, -0.2) is 9.59 Å². The van der Waals surface area contributed by atoms with Gasteiger partial charge in [0.15, 0.2) is 5.78 Å². The highest BCUT2D eigenvalue weighted by Crippen LogP contribution is 2.29. The number of aromatic hydroxyl groups is 2. The third-order valence-electron chi connectivity index (χ3n) is 3.60. The first kappa shape index (κ1) is 21.0. The van der Waals surface area contributed by atoms with Gasteiger partial charge in [0.25, 0.3) is 5.95 Å². The molecule has 2 aromatic rings. The summed E-state index contributed by atoms with van der Waals surface area (Å²) in [6, 6.07) is 5.50. The number of nitrogens with zero attached hydrogens (tertiary/aromatic N) is 1. The number of aliphatic carboxylic acids is 1. The Balaban J connectivity index is 2.44. The van der Waals surface area contributed by atoms with Gasteiger partial charge in [-0.15, -0.1) is 0 Å². The lowest BCUT2D eigenvalue weighted by Crippen LogP contribution is -2.29. The molecule has 0 aliphatic rings. The molecule has 0 radical (unpaired) electrons. The second kappa shape index (κ2) is 8.17. The maximum Gasteiger partial charge on any atom is 0.382 e. The molecule has 0 saturated heterocycles. The monoisotopic (exact) mass is 402 g/mol. The Morgan fingerprint density at radius 2 is 1.72 bits per heavy atom. The van der Waals surface area contributed by atoms with Gasteiger partial charge in [0.1, 0.15) is 16.9 Å². The fourth-order valence-electron chi connectivity index (χ4n) is 2.34. The number of carboxylic acids is 1. The molecule has 0 spiro atoms. The van der Waals surface area contributed by atoms with E-state index in [0.29, 0.717) is 0 Å². The number of benzene rings is 1. The Hall–Kier alpha value is -4.28.